The van der Waals surface area contributed by atoms with Crippen molar-refractivity contribution in [2.24, 2.45) is 0 Å². The average Bonchev–Trinajstić information content (AvgIpc) is 2.95. The summed E-state index contributed by atoms with van der Waals surface area (Å²) in [7, 11) is -3.73. The molecular formula is C18H30N4O3S. The highest BCUT2D eigenvalue weighted by atomic mass is 32.2. The van der Waals surface area contributed by atoms with Crippen LogP contribution >= 0.6 is 0 Å². The fourth-order valence-corrected chi connectivity index (χ4v) is 5.44. The van der Waals surface area contributed by atoms with Crippen LogP contribution in [0.2, 0.25) is 0 Å². The Morgan fingerprint density at radius 2 is 1.73 bits per heavy atom. The van der Waals surface area contributed by atoms with E-state index in [2.05, 4.69) is 10.4 Å². The van der Waals surface area contributed by atoms with Gasteiger partial charge < -0.3 is 5.32 Å². The van der Waals surface area contributed by atoms with Crippen molar-refractivity contribution in [1.29, 1.82) is 0 Å². The first-order valence-electron chi connectivity index (χ1n) is 9.91. The van der Waals surface area contributed by atoms with Gasteiger partial charge >= 0.3 is 0 Å². The van der Waals surface area contributed by atoms with E-state index in [0.29, 0.717) is 19.6 Å². The predicted octanol–water partition coefficient (Wildman–Crippen LogP) is 2.53. The molecule has 0 bridgehead atoms. The quantitative estimate of drug-likeness (QED) is 0.793. The van der Waals surface area contributed by atoms with Crippen molar-refractivity contribution < 1.29 is 13.2 Å². The van der Waals surface area contributed by atoms with Gasteiger partial charge in [0.1, 0.15) is 0 Å². The topological polar surface area (TPSA) is 84.3 Å². The van der Waals surface area contributed by atoms with Crippen LogP contribution in [0.25, 0.3) is 0 Å². The summed E-state index contributed by atoms with van der Waals surface area (Å²) in [5.41, 5.74) is 0.182. The molecule has 2 heterocycles. The summed E-state index contributed by atoms with van der Waals surface area (Å²) in [5.74, 6) is -0.313. The number of piperidine rings is 1. The molecule has 146 valence electrons. The van der Waals surface area contributed by atoms with Gasteiger partial charge in [-0.25, -0.2) is 8.42 Å². The van der Waals surface area contributed by atoms with E-state index in [9.17, 15) is 13.2 Å². The van der Waals surface area contributed by atoms with E-state index in [4.69, 9.17) is 0 Å². The lowest BCUT2D eigenvalue weighted by Gasteiger charge is -2.25. The summed E-state index contributed by atoms with van der Waals surface area (Å²) >= 11 is 0. The number of nitrogens with zero attached hydrogens (tertiary/aromatic N) is 3. The average molecular weight is 383 g/mol. The first kappa shape index (κ1) is 19.4. The fraction of sp³-hybridized carbons (Fsp3) is 0.778. The maximum atomic E-state index is 13.1. The van der Waals surface area contributed by atoms with E-state index in [1.54, 1.807) is 10.9 Å². The zero-order valence-electron chi connectivity index (χ0n) is 15.6. The van der Waals surface area contributed by atoms with Crippen LogP contribution in [0.1, 0.15) is 75.1 Å². The summed E-state index contributed by atoms with van der Waals surface area (Å²) in [5, 5.41) is 7.20. The predicted molar refractivity (Wildman–Crippen MR) is 99.5 cm³/mol. The van der Waals surface area contributed by atoms with E-state index >= 15 is 0 Å². The number of rotatable bonds is 5. The molecule has 1 N–H and O–H groups in total. The number of carbonyl (C=O) groups excluding carboxylic acids is 1. The molecule has 0 atom stereocenters. The summed E-state index contributed by atoms with van der Waals surface area (Å²) in [4.78, 5) is 12.9. The van der Waals surface area contributed by atoms with E-state index in [1.165, 1.54) is 17.1 Å². The molecule has 0 aromatic carbocycles. The second kappa shape index (κ2) is 8.52. The Morgan fingerprint density at radius 3 is 2.35 bits per heavy atom. The van der Waals surface area contributed by atoms with Crippen molar-refractivity contribution in [1.82, 2.24) is 19.4 Å². The van der Waals surface area contributed by atoms with Gasteiger partial charge in [-0.1, -0.05) is 32.1 Å². The van der Waals surface area contributed by atoms with E-state index in [-0.39, 0.29) is 22.5 Å². The van der Waals surface area contributed by atoms with Crippen LogP contribution in [-0.2, 0) is 16.6 Å². The molecule has 2 aliphatic rings. The Bertz CT molecular complexity index is 715. The van der Waals surface area contributed by atoms with Crippen LogP contribution in [0.15, 0.2) is 11.2 Å². The van der Waals surface area contributed by atoms with Gasteiger partial charge in [-0.3, -0.25) is 9.48 Å². The highest BCUT2D eigenvalue weighted by Crippen LogP contribution is 2.23. The molecule has 1 aromatic rings. The number of nitrogens with one attached hydrogen (secondary N) is 1. The van der Waals surface area contributed by atoms with Crippen LogP contribution in [0, 0.1) is 0 Å². The molecule has 3 rings (SSSR count). The molecule has 0 unspecified atom stereocenters. The molecule has 1 aliphatic carbocycles. The molecule has 1 aliphatic heterocycles. The van der Waals surface area contributed by atoms with Crippen LogP contribution < -0.4 is 5.32 Å². The molecule has 0 spiro atoms. The Kier molecular flexibility index (Phi) is 6.34. The first-order chi connectivity index (χ1) is 12.5. The Hall–Kier alpha value is -1.41. The van der Waals surface area contributed by atoms with E-state index < -0.39 is 10.0 Å². The summed E-state index contributed by atoms with van der Waals surface area (Å²) in [6.07, 6.45) is 10.9. The van der Waals surface area contributed by atoms with Gasteiger partial charge in [0.05, 0.1) is 5.56 Å². The van der Waals surface area contributed by atoms with Crippen LogP contribution in [0.3, 0.4) is 0 Å². The number of amides is 1. The monoisotopic (exact) mass is 382 g/mol. The first-order valence-corrected chi connectivity index (χ1v) is 11.3. The highest BCUT2D eigenvalue weighted by molar-refractivity contribution is 7.89. The molecule has 1 aromatic heterocycles. The molecule has 8 heteroatoms. The number of carbonyl (C=O) groups is 1. The lowest BCUT2D eigenvalue weighted by molar-refractivity contribution is 0.0929. The smallest absolute Gasteiger partial charge is 0.263 e. The summed E-state index contributed by atoms with van der Waals surface area (Å²) in [6, 6.07) is 0.125. The van der Waals surface area contributed by atoms with Gasteiger partial charge in [0.15, 0.2) is 0 Å². The Morgan fingerprint density at radius 1 is 1.12 bits per heavy atom. The number of hydrogen-bond donors (Lipinski definition) is 1. The van der Waals surface area contributed by atoms with Gasteiger partial charge in [0, 0.05) is 31.9 Å². The minimum atomic E-state index is -3.73. The third kappa shape index (κ3) is 4.28. The van der Waals surface area contributed by atoms with Gasteiger partial charge in [0.25, 0.3) is 15.9 Å². The second-order valence-electron chi connectivity index (χ2n) is 7.33. The lowest BCUT2D eigenvalue weighted by Crippen LogP contribution is -2.38. The third-order valence-corrected chi connectivity index (χ3v) is 7.22. The number of aryl methyl sites for hydroxylation is 1. The molecule has 2 fully saturated rings. The van der Waals surface area contributed by atoms with Gasteiger partial charge in [-0.2, -0.15) is 9.40 Å². The zero-order valence-corrected chi connectivity index (χ0v) is 16.4. The fourth-order valence-electron chi connectivity index (χ4n) is 3.83. The lowest BCUT2D eigenvalue weighted by atomic mass is 10.1. The van der Waals surface area contributed by atoms with Crippen molar-refractivity contribution in [3.05, 3.63) is 11.8 Å². The Balaban J connectivity index is 1.84. The molecule has 1 amide bonds. The standard InChI is InChI=1S/C18H30N4O3S/c1-2-21-14-16(17(23)19-15-10-6-3-4-7-11-15)18(20-21)26(24,25)22-12-8-5-9-13-22/h14-15H,2-13H2,1H3,(H,19,23). The Labute approximate surface area is 156 Å². The van der Waals surface area contributed by atoms with Crippen molar-refractivity contribution >= 4 is 15.9 Å². The van der Waals surface area contributed by atoms with Crippen molar-refractivity contribution in [2.45, 2.75) is 82.3 Å². The number of sulfonamides is 1. The molecule has 1 saturated heterocycles. The third-order valence-electron chi connectivity index (χ3n) is 5.39. The highest BCUT2D eigenvalue weighted by Gasteiger charge is 2.33. The van der Waals surface area contributed by atoms with Crippen LogP contribution in [0.4, 0.5) is 0 Å². The van der Waals surface area contributed by atoms with Crippen molar-refractivity contribution in [2.75, 3.05) is 13.1 Å². The minimum Gasteiger partial charge on any atom is -0.349 e. The molecule has 26 heavy (non-hydrogen) atoms. The largest absolute Gasteiger partial charge is 0.349 e. The zero-order chi connectivity index (χ0) is 18.6. The summed E-state index contributed by atoms with van der Waals surface area (Å²) in [6.45, 7) is 3.42. The van der Waals surface area contributed by atoms with E-state index in [1.807, 2.05) is 6.92 Å². The van der Waals surface area contributed by atoms with Crippen LogP contribution in [0.5, 0.6) is 0 Å². The SMILES string of the molecule is CCn1cc(C(=O)NC2CCCCCC2)c(S(=O)(=O)N2CCCCC2)n1. The maximum absolute atomic E-state index is 13.1. The molecule has 1 saturated carbocycles. The van der Waals surface area contributed by atoms with Crippen molar-refractivity contribution in [3.63, 3.8) is 0 Å². The molecule has 7 nitrogen and oxygen atoms in total. The van der Waals surface area contributed by atoms with Gasteiger partial charge in [-0.15, -0.1) is 0 Å². The molecule has 0 radical (unpaired) electrons. The molecular weight excluding hydrogens is 352 g/mol. The number of hydrogen-bond acceptors (Lipinski definition) is 4. The van der Waals surface area contributed by atoms with Gasteiger partial charge in [-0.05, 0) is 32.6 Å². The summed E-state index contributed by atoms with van der Waals surface area (Å²) < 4.78 is 29.1. The minimum absolute atomic E-state index is 0.0904. The normalized spacial score (nSPS) is 20.7. The van der Waals surface area contributed by atoms with Crippen LogP contribution in [-0.4, -0.2) is 47.5 Å². The van der Waals surface area contributed by atoms with Gasteiger partial charge in [0.2, 0.25) is 5.03 Å². The van der Waals surface area contributed by atoms with E-state index in [0.717, 1.165) is 44.9 Å². The maximum Gasteiger partial charge on any atom is 0.263 e. The second-order valence-corrected chi connectivity index (χ2v) is 9.18. The number of aromatic nitrogens is 2. The van der Waals surface area contributed by atoms with Crippen molar-refractivity contribution in [3.8, 4) is 0 Å².